The van der Waals surface area contributed by atoms with Gasteiger partial charge in [0.1, 0.15) is 17.4 Å². The molecule has 2 fully saturated rings. The Morgan fingerprint density at radius 2 is 1.31 bits per heavy atom. The van der Waals surface area contributed by atoms with Crippen molar-refractivity contribution in [3.8, 4) is 12.0 Å². The number of carbonyl (C=O) groups excluding carboxylic acids is 2. The van der Waals surface area contributed by atoms with Gasteiger partial charge in [0.25, 0.3) is 0 Å². The van der Waals surface area contributed by atoms with Crippen LogP contribution in [0.15, 0.2) is 48.5 Å². The second-order valence-corrected chi connectivity index (χ2v) is 17.4. The molecule has 0 atom stereocenters. The van der Waals surface area contributed by atoms with Gasteiger partial charge in [-0.25, -0.2) is 0 Å². The van der Waals surface area contributed by atoms with Gasteiger partial charge in [-0.15, -0.1) is 0 Å². The van der Waals surface area contributed by atoms with E-state index in [1.54, 1.807) is 11.8 Å². The molecule has 67 heavy (non-hydrogen) atoms. The van der Waals surface area contributed by atoms with Gasteiger partial charge < -0.3 is 35.5 Å². The highest BCUT2D eigenvalue weighted by Gasteiger charge is 2.29. The molecule has 362 valence electrons. The first kappa shape index (κ1) is 50.3. The fourth-order valence-corrected chi connectivity index (χ4v) is 8.49. The number of unbranched alkanes of at least 4 members (excludes halogenated alkanes) is 2. The van der Waals surface area contributed by atoms with E-state index in [0.29, 0.717) is 51.1 Å². The molecule has 18 nitrogen and oxygen atoms in total. The Morgan fingerprint density at radius 3 is 1.90 bits per heavy atom. The first-order valence-electron chi connectivity index (χ1n) is 24.0. The third-order valence-electron chi connectivity index (χ3n) is 12.0. The first-order valence-corrected chi connectivity index (χ1v) is 24.0. The minimum Gasteiger partial charge on any atom is -0.466 e. The smallest absolute Gasteiger partial charge is 0.353 e. The summed E-state index contributed by atoms with van der Waals surface area (Å²) in [5, 5.41) is 11.9. The fraction of sp³-hybridized carbons (Fsp3) is 0.551. The van der Waals surface area contributed by atoms with Crippen molar-refractivity contribution in [2.24, 2.45) is 0 Å². The highest BCUT2D eigenvalue weighted by atomic mass is 16.6. The lowest BCUT2D eigenvalue weighted by atomic mass is 10.1. The van der Waals surface area contributed by atoms with Crippen molar-refractivity contribution in [2.45, 2.75) is 118 Å². The minimum atomic E-state index is -0.596. The van der Waals surface area contributed by atoms with Crippen LogP contribution in [0, 0.1) is 10.1 Å². The van der Waals surface area contributed by atoms with Gasteiger partial charge in [-0.1, -0.05) is 75.2 Å². The number of benzene rings is 2. The predicted octanol–water partition coefficient (Wildman–Crippen LogP) is 7.06. The van der Waals surface area contributed by atoms with E-state index in [4.69, 9.17) is 25.7 Å². The largest absolute Gasteiger partial charge is 0.466 e. The lowest BCUT2D eigenvalue weighted by molar-refractivity contribution is -0.383. The average Bonchev–Trinajstić information content (AvgIpc) is 4.00. The van der Waals surface area contributed by atoms with E-state index in [9.17, 15) is 19.7 Å². The van der Waals surface area contributed by atoms with Crippen molar-refractivity contribution in [3.05, 3.63) is 86.5 Å². The summed E-state index contributed by atoms with van der Waals surface area (Å²) >= 11 is 0. The molecule has 4 N–H and O–H groups in total. The van der Waals surface area contributed by atoms with Crippen molar-refractivity contribution < 1.29 is 28.7 Å². The monoisotopic (exact) mass is 924 g/mol. The first-order chi connectivity index (χ1) is 32.5. The number of nitrogens with zero attached hydrogens (tertiary/aromatic N) is 9. The Bertz CT molecular complexity index is 2250. The van der Waals surface area contributed by atoms with Gasteiger partial charge in [-0.2, -0.15) is 19.9 Å². The molecular weight excluding hydrogens is 855 g/mol. The predicted molar refractivity (Wildman–Crippen MR) is 259 cm³/mol. The summed E-state index contributed by atoms with van der Waals surface area (Å²) < 4.78 is 16.4. The SMILES string of the molecule is CCCCOc1nc(N)c([N+](=O)[O-])c(N(CCC(=O)OCC)Cc2cccc(CN3CCCC3)c2)n1.CCCCOc1nc(N)c2c(n1)N(Cc1cccc(CN3CCCC3)c1)CCC(=O)C2. The fourth-order valence-electron chi connectivity index (χ4n) is 8.49. The Morgan fingerprint density at radius 1 is 0.761 bits per heavy atom. The molecule has 0 spiro atoms. The summed E-state index contributed by atoms with van der Waals surface area (Å²) in [4.78, 5) is 61.9. The van der Waals surface area contributed by atoms with Crippen LogP contribution in [0.4, 0.5) is 29.0 Å². The van der Waals surface area contributed by atoms with Crippen molar-refractivity contribution in [2.75, 3.05) is 80.4 Å². The van der Waals surface area contributed by atoms with Crippen LogP contribution in [0.25, 0.3) is 0 Å². The number of aromatic nitrogens is 4. The third kappa shape index (κ3) is 15.2. The van der Waals surface area contributed by atoms with E-state index in [2.05, 4.69) is 78.0 Å². The molecule has 0 saturated carbocycles. The van der Waals surface area contributed by atoms with E-state index in [1.165, 1.54) is 55.5 Å². The van der Waals surface area contributed by atoms with Crippen LogP contribution in [0.2, 0.25) is 0 Å². The number of nitrogen functional groups attached to an aromatic ring is 2. The molecular formula is C49H69N11O7. The maximum absolute atomic E-state index is 12.4. The number of hydrogen-bond acceptors (Lipinski definition) is 17. The lowest BCUT2D eigenvalue weighted by Crippen LogP contribution is -2.29. The van der Waals surface area contributed by atoms with Gasteiger partial charge in [0, 0.05) is 57.7 Å². The zero-order valence-corrected chi connectivity index (χ0v) is 39.6. The Hall–Kier alpha value is -6.14. The number of ketones is 1. The minimum absolute atomic E-state index is 0.0215. The molecule has 4 aromatic rings. The van der Waals surface area contributed by atoms with Crippen LogP contribution in [0.5, 0.6) is 12.0 Å². The number of esters is 1. The number of nitro groups is 1. The molecule has 0 amide bonds. The molecule has 3 aliphatic heterocycles. The lowest BCUT2D eigenvalue weighted by Gasteiger charge is -2.25. The van der Waals surface area contributed by atoms with Crippen molar-refractivity contribution in [1.82, 2.24) is 29.7 Å². The number of anilines is 4. The molecule has 0 aliphatic carbocycles. The summed E-state index contributed by atoms with van der Waals surface area (Å²) in [7, 11) is 0. The Balaban J connectivity index is 0.000000223. The van der Waals surface area contributed by atoms with E-state index in [1.807, 2.05) is 19.1 Å². The van der Waals surface area contributed by atoms with Crippen LogP contribution in [-0.2, 0) is 46.9 Å². The Kier molecular flexibility index (Phi) is 19.3. The molecule has 0 unspecified atom stereocenters. The van der Waals surface area contributed by atoms with Crippen LogP contribution < -0.4 is 30.7 Å². The van der Waals surface area contributed by atoms with Crippen LogP contribution in [-0.4, -0.2) is 106 Å². The van der Waals surface area contributed by atoms with Crippen LogP contribution >= 0.6 is 0 Å². The maximum atomic E-state index is 12.4. The van der Waals surface area contributed by atoms with E-state index in [0.717, 1.165) is 68.8 Å². The summed E-state index contributed by atoms with van der Waals surface area (Å²) in [6.45, 7) is 15.2. The topological polar surface area (TPSA) is 222 Å². The number of Topliss-reactive ketones (excluding diaryl/α,β-unsaturated/α-hetero) is 1. The summed E-state index contributed by atoms with van der Waals surface area (Å²) in [5.74, 6) is 0.596. The molecule has 2 aromatic heterocycles. The van der Waals surface area contributed by atoms with Crippen LogP contribution in [0.1, 0.15) is 113 Å². The summed E-state index contributed by atoms with van der Waals surface area (Å²) in [5.41, 5.74) is 17.2. The molecule has 0 radical (unpaired) electrons. The number of likely N-dealkylation sites (tertiary alicyclic amines) is 2. The standard InChI is InChI=1S/C25H36N6O5.C24H33N5O2/c1-3-5-15-36-25-27-23(26)22(31(33)34)24(28-25)30(14-11-21(32)35-4-2)18-20-10-8-9-19(16-20)17-29-12-6-7-13-29;1-2-3-13-31-24-26-22(25)21-15-20(30)9-12-29(23(21)27-24)17-19-8-6-7-18(14-19)16-28-10-4-5-11-28/h8-10,16H,3-7,11-15,17-18H2,1-2H3,(H2,26,27,28);6-8,14H,2-5,9-13,15-17H2,1H3,(H2,25,26,27). The van der Waals surface area contributed by atoms with E-state index >= 15 is 0 Å². The molecule has 7 rings (SSSR count). The van der Waals surface area contributed by atoms with Crippen molar-refractivity contribution in [1.29, 1.82) is 0 Å². The summed E-state index contributed by atoms with van der Waals surface area (Å²) in [6, 6.07) is 17.1. The van der Waals surface area contributed by atoms with Gasteiger partial charge in [0.05, 0.1) is 31.2 Å². The third-order valence-corrected chi connectivity index (χ3v) is 12.0. The number of fused-ring (bicyclic) bond motifs is 1. The van der Waals surface area contributed by atoms with Gasteiger partial charge in [0.15, 0.2) is 0 Å². The zero-order valence-electron chi connectivity index (χ0n) is 39.6. The summed E-state index contributed by atoms with van der Waals surface area (Å²) in [6.07, 6.45) is 9.48. The number of ether oxygens (including phenoxy) is 3. The van der Waals surface area contributed by atoms with Crippen molar-refractivity contribution >= 4 is 40.7 Å². The number of rotatable bonds is 22. The molecule has 0 bridgehead atoms. The van der Waals surface area contributed by atoms with E-state index in [-0.39, 0.29) is 49.4 Å². The van der Waals surface area contributed by atoms with Crippen molar-refractivity contribution in [3.63, 3.8) is 0 Å². The highest BCUT2D eigenvalue weighted by molar-refractivity contribution is 5.86. The highest BCUT2D eigenvalue weighted by Crippen LogP contribution is 2.34. The van der Waals surface area contributed by atoms with Gasteiger partial charge in [0.2, 0.25) is 11.6 Å². The Labute approximate surface area is 394 Å². The number of carbonyl (C=O) groups is 2. The molecule has 2 aromatic carbocycles. The maximum Gasteiger partial charge on any atom is 0.353 e. The molecule has 3 aliphatic rings. The second kappa shape index (κ2) is 25.7. The number of nitrogens with two attached hydrogens (primary N) is 2. The van der Waals surface area contributed by atoms with E-state index < -0.39 is 16.6 Å². The zero-order chi connectivity index (χ0) is 47.5. The quantitative estimate of drug-likeness (QED) is 0.0349. The molecule has 2 saturated heterocycles. The normalized spacial score (nSPS) is 15.1. The second-order valence-electron chi connectivity index (χ2n) is 17.4. The van der Waals surface area contributed by atoms with Gasteiger partial charge in [-0.3, -0.25) is 29.5 Å². The van der Waals surface area contributed by atoms with Crippen LogP contribution in [0.3, 0.4) is 0 Å². The average molecular weight is 924 g/mol. The van der Waals surface area contributed by atoms with Gasteiger partial charge >= 0.3 is 23.7 Å². The molecule has 5 heterocycles. The number of hydrogen-bond donors (Lipinski definition) is 2. The molecule has 18 heteroatoms. The van der Waals surface area contributed by atoms with Gasteiger partial charge in [-0.05, 0) is 93.9 Å².